The zero-order chi connectivity index (χ0) is 22.0. The van der Waals surface area contributed by atoms with Crippen LogP contribution >= 0.6 is 23.4 Å². The summed E-state index contributed by atoms with van der Waals surface area (Å²) in [5.41, 5.74) is 4.07. The monoisotopic (exact) mass is 457 g/mol. The van der Waals surface area contributed by atoms with Crippen LogP contribution in [0, 0.1) is 13.8 Å². The third-order valence-electron chi connectivity index (χ3n) is 6.10. The lowest BCUT2D eigenvalue weighted by Crippen LogP contribution is -2.44. The van der Waals surface area contributed by atoms with Crippen LogP contribution in [-0.2, 0) is 11.2 Å². The molecule has 0 bridgehead atoms. The molecule has 6 nitrogen and oxygen atoms in total. The molecule has 8 heteroatoms. The second-order valence-corrected chi connectivity index (χ2v) is 9.42. The number of carbonyl (C=O) groups excluding carboxylic acids is 1. The molecule has 2 aromatic heterocycles. The van der Waals surface area contributed by atoms with Gasteiger partial charge in [0.1, 0.15) is 0 Å². The number of benzene rings is 1. The largest absolute Gasteiger partial charge is 0.339 e. The molecule has 0 radical (unpaired) electrons. The van der Waals surface area contributed by atoms with E-state index in [-0.39, 0.29) is 5.91 Å². The minimum Gasteiger partial charge on any atom is -0.339 e. The van der Waals surface area contributed by atoms with Gasteiger partial charge in [-0.15, -0.1) is 5.10 Å². The lowest BCUT2D eigenvalue weighted by Gasteiger charge is -2.35. The van der Waals surface area contributed by atoms with Gasteiger partial charge in [0.15, 0.2) is 0 Å². The zero-order valence-electron chi connectivity index (χ0n) is 18.3. The molecule has 4 rings (SSSR count). The van der Waals surface area contributed by atoms with E-state index < -0.39 is 0 Å². The number of aryl methyl sites for hydroxylation is 2. The minimum atomic E-state index is 0.177. The summed E-state index contributed by atoms with van der Waals surface area (Å²) in [5, 5.41) is 5.97. The quantitative estimate of drug-likeness (QED) is 0.494. The molecular weight excluding hydrogens is 430 g/mol. The van der Waals surface area contributed by atoms with Gasteiger partial charge in [-0.3, -0.25) is 4.79 Å². The Bertz CT molecular complexity index is 1100. The van der Waals surface area contributed by atoms with Crippen molar-refractivity contribution in [2.24, 2.45) is 0 Å². The highest BCUT2D eigenvalue weighted by molar-refractivity contribution is 7.99. The number of carbonyl (C=O) groups is 1. The van der Waals surface area contributed by atoms with Crippen molar-refractivity contribution >= 4 is 35.0 Å². The molecule has 0 saturated carbocycles. The highest BCUT2D eigenvalue weighted by Crippen LogP contribution is 2.25. The first-order chi connectivity index (χ1) is 15.0. The smallest absolute Gasteiger partial charge is 0.253 e. The average molecular weight is 458 g/mol. The fourth-order valence-corrected chi connectivity index (χ4v) is 5.21. The minimum absolute atomic E-state index is 0.177. The number of amides is 1. The Balaban J connectivity index is 1.52. The van der Waals surface area contributed by atoms with Gasteiger partial charge in [0.25, 0.3) is 5.78 Å². The van der Waals surface area contributed by atoms with Crippen LogP contribution < -0.4 is 0 Å². The van der Waals surface area contributed by atoms with Crippen molar-refractivity contribution in [2.45, 2.75) is 64.1 Å². The second-order valence-electron chi connectivity index (χ2n) is 8.07. The maximum absolute atomic E-state index is 12.8. The Morgan fingerprint density at radius 1 is 1.23 bits per heavy atom. The van der Waals surface area contributed by atoms with Crippen molar-refractivity contribution in [3.8, 4) is 0 Å². The Kier molecular flexibility index (Phi) is 6.82. The van der Waals surface area contributed by atoms with Crippen LogP contribution in [0.2, 0.25) is 5.02 Å². The third kappa shape index (κ3) is 4.72. The predicted octanol–water partition coefficient (Wildman–Crippen LogP) is 4.87. The molecule has 3 aromatic rings. The highest BCUT2D eigenvalue weighted by atomic mass is 35.5. The Hall–Kier alpha value is -2.12. The predicted molar refractivity (Wildman–Crippen MR) is 125 cm³/mol. The van der Waals surface area contributed by atoms with Gasteiger partial charge in [-0.05, 0) is 56.7 Å². The average Bonchev–Trinajstić information content (AvgIpc) is 3.19. The van der Waals surface area contributed by atoms with Crippen molar-refractivity contribution in [3.63, 3.8) is 0 Å². The summed E-state index contributed by atoms with van der Waals surface area (Å²) in [5.74, 6) is 1.10. The third-order valence-corrected chi connectivity index (χ3v) is 7.29. The first-order valence-electron chi connectivity index (χ1n) is 10.9. The SMILES string of the molecule is CC[C@@H]1CCCCN1C(=O)CSc1nc2nc(C)c(Cc3ccccc3Cl)c(C)n2n1. The number of hydrogen-bond donors (Lipinski definition) is 0. The van der Waals surface area contributed by atoms with E-state index in [1.54, 1.807) is 4.52 Å². The molecule has 31 heavy (non-hydrogen) atoms. The zero-order valence-corrected chi connectivity index (χ0v) is 19.8. The second kappa shape index (κ2) is 9.57. The van der Waals surface area contributed by atoms with Gasteiger partial charge in [-0.1, -0.05) is 48.5 Å². The van der Waals surface area contributed by atoms with Gasteiger partial charge in [-0.2, -0.15) is 4.98 Å². The van der Waals surface area contributed by atoms with Crippen molar-refractivity contribution in [2.75, 3.05) is 12.3 Å². The number of nitrogens with zero attached hydrogens (tertiary/aromatic N) is 5. The summed E-state index contributed by atoms with van der Waals surface area (Å²) >= 11 is 7.75. The maximum Gasteiger partial charge on any atom is 0.253 e. The van der Waals surface area contributed by atoms with Gasteiger partial charge < -0.3 is 4.90 Å². The summed E-state index contributed by atoms with van der Waals surface area (Å²) in [4.78, 5) is 24.1. The number of hydrogen-bond acceptors (Lipinski definition) is 5. The van der Waals surface area contributed by atoms with E-state index in [0.717, 1.165) is 53.3 Å². The molecule has 0 N–H and O–H groups in total. The van der Waals surface area contributed by atoms with Crippen molar-refractivity contribution in [3.05, 3.63) is 51.8 Å². The van der Waals surface area contributed by atoms with E-state index in [0.29, 0.717) is 29.1 Å². The Morgan fingerprint density at radius 2 is 2.03 bits per heavy atom. The van der Waals surface area contributed by atoms with Gasteiger partial charge in [0.05, 0.1) is 5.75 Å². The van der Waals surface area contributed by atoms with Crippen molar-refractivity contribution in [1.82, 2.24) is 24.5 Å². The topological polar surface area (TPSA) is 63.4 Å². The van der Waals surface area contributed by atoms with Crippen molar-refractivity contribution in [1.29, 1.82) is 0 Å². The number of piperidine rings is 1. The van der Waals surface area contributed by atoms with Crippen LogP contribution in [0.5, 0.6) is 0 Å². The first-order valence-corrected chi connectivity index (χ1v) is 12.2. The summed E-state index contributed by atoms with van der Waals surface area (Å²) in [6.07, 6.45) is 5.12. The standard InChI is InChI=1S/C23H28ClN5OS/c1-4-18-10-7-8-12-28(18)21(30)14-31-23-26-22-25-15(2)19(16(3)29(22)27-23)13-17-9-5-6-11-20(17)24/h5-6,9,11,18H,4,7-8,10,12-14H2,1-3H3/t18-/m1/s1. The number of aromatic nitrogens is 4. The van der Waals surface area contributed by atoms with E-state index in [1.807, 2.05) is 43.0 Å². The van der Waals surface area contributed by atoms with E-state index in [4.69, 9.17) is 11.6 Å². The summed E-state index contributed by atoms with van der Waals surface area (Å²) in [6, 6.07) is 8.23. The van der Waals surface area contributed by atoms with E-state index in [2.05, 4.69) is 22.0 Å². The molecule has 1 amide bonds. The molecule has 1 atom stereocenters. The molecule has 3 heterocycles. The number of rotatable bonds is 6. The van der Waals surface area contributed by atoms with Crippen LogP contribution in [0.25, 0.3) is 5.78 Å². The fourth-order valence-electron chi connectivity index (χ4n) is 4.30. The Morgan fingerprint density at radius 3 is 2.81 bits per heavy atom. The summed E-state index contributed by atoms with van der Waals surface area (Å²) in [6.45, 7) is 7.04. The maximum atomic E-state index is 12.8. The molecule has 0 unspecified atom stereocenters. The molecule has 0 aliphatic carbocycles. The highest BCUT2D eigenvalue weighted by Gasteiger charge is 2.25. The van der Waals surface area contributed by atoms with Crippen LogP contribution in [-0.4, -0.2) is 48.7 Å². The van der Waals surface area contributed by atoms with Crippen LogP contribution in [0.4, 0.5) is 0 Å². The van der Waals surface area contributed by atoms with Crippen LogP contribution in [0.15, 0.2) is 29.4 Å². The van der Waals surface area contributed by atoms with Crippen molar-refractivity contribution < 1.29 is 4.79 Å². The summed E-state index contributed by atoms with van der Waals surface area (Å²) < 4.78 is 1.78. The van der Waals surface area contributed by atoms with Crippen LogP contribution in [0.1, 0.15) is 55.1 Å². The molecular formula is C23H28ClN5OS. The van der Waals surface area contributed by atoms with Gasteiger partial charge in [0, 0.05) is 35.4 Å². The van der Waals surface area contributed by atoms with E-state index in [1.165, 1.54) is 18.2 Å². The van der Waals surface area contributed by atoms with Gasteiger partial charge in [0.2, 0.25) is 11.1 Å². The number of fused-ring (bicyclic) bond motifs is 1. The molecule has 0 spiro atoms. The van der Waals surface area contributed by atoms with E-state index in [9.17, 15) is 4.79 Å². The molecule has 1 saturated heterocycles. The molecule has 1 aromatic carbocycles. The molecule has 1 aliphatic rings. The molecule has 1 fully saturated rings. The first kappa shape index (κ1) is 22.1. The number of halogens is 1. The van der Waals surface area contributed by atoms with E-state index >= 15 is 0 Å². The van der Waals surface area contributed by atoms with Gasteiger partial charge >= 0.3 is 0 Å². The molecule has 1 aliphatic heterocycles. The van der Waals surface area contributed by atoms with Crippen LogP contribution in [0.3, 0.4) is 0 Å². The normalized spacial score (nSPS) is 16.8. The number of likely N-dealkylation sites (tertiary alicyclic amines) is 1. The summed E-state index contributed by atoms with van der Waals surface area (Å²) in [7, 11) is 0. The fraction of sp³-hybridized carbons (Fsp3) is 0.478. The molecule has 164 valence electrons. The Labute approximate surface area is 192 Å². The lowest BCUT2D eigenvalue weighted by molar-refractivity contribution is -0.132. The lowest BCUT2D eigenvalue weighted by atomic mass is 10.0. The number of thioether (sulfide) groups is 1. The van der Waals surface area contributed by atoms with Gasteiger partial charge in [-0.25, -0.2) is 9.50 Å².